The third-order valence-corrected chi connectivity index (χ3v) is 6.17. The van der Waals surface area contributed by atoms with Crippen LogP contribution >= 0.6 is 11.6 Å². The van der Waals surface area contributed by atoms with Crippen molar-refractivity contribution in [2.75, 3.05) is 48.5 Å². The Morgan fingerprint density at radius 1 is 1.00 bits per heavy atom. The van der Waals surface area contributed by atoms with Gasteiger partial charge >= 0.3 is 0 Å². The second-order valence-electron chi connectivity index (χ2n) is 8.45. The number of nitrogens with one attached hydrogen (secondary N) is 1. The molecule has 1 saturated heterocycles. The van der Waals surface area contributed by atoms with E-state index in [1.165, 1.54) is 5.01 Å². The molecule has 0 aliphatic carbocycles. The number of hydrogen-bond acceptors (Lipinski definition) is 5. The normalized spacial score (nSPS) is 17.4. The Morgan fingerprint density at radius 2 is 1.75 bits per heavy atom. The maximum atomic E-state index is 13.2. The number of piperazine rings is 1. The lowest BCUT2D eigenvalue weighted by Crippen LogP contribution is -2.44. The summed E-state index contributed by atoms with van der Waals surface area (Å²) in [6, 6.07) is 11.4. The van der Waals surface area contributed by atoms with Gasteiger partial charge in [-0.1, -0.05) is 23.7 Å². The molecule has 32 heavy (non-hydrogen) atoms. The minimum Gasteiger partial charge on any atom is -0.367 e. The molecule has 1 N–H and O–H groups in total. The van der Waals surface area contributed by atoms with E-state index < -0.39 is 0 Å². The number of carbonyl (C=O) groups is 2. The van der Waals surface area contributed by atoms with E-state index in [9.17, 15) is 9.59 Å². The van der Waals surface area contributed by atoms with Crippen molar-refractivity contribution in [2.24, 2.45) is 5.10 Å². The lowest BCUT2D eigenvalue weighted by atomic mass is 10.1. The number of carbonyl (C=O) groups excluding carboxylic acids is 2. The van der Waals surface area contributed by atoms with Gasteiger partial charge in [0.2, 0.25) is 5.91 Å². The molecule has 0 spiro atoms. The molecule has 2 aromatic carbocycles. The monoisotopic (exact) mass is 453 g/mol. The summed E-state index contributed by atoms with van der Waals surface area (Å²) < 4.78 is 0. The largest absolute Gasteiger partial charge is 0.367 e. The number of halogens is 1. The molecule has 0 atom stereocenters. The van der Waals surface area contributed by atoms with Crippen LogP contribution in [-0.2, 0) is 9.59 Å². The van der Waals surface area contributed by atoms with Gasteiger partial charge in [0.05, 0.1) is 17.1 Å². The van der Waals surface area contributed by atoms with E-state index in [0.29, 0.717) is 28.5 Å². The first kappa shape index (κ1) is 22.3. The van der Waals surface area contributed by atoms with Crippen LogP contribution < -0.4 is 15.2 Å². The number of hydrazone groups is 1. The van der Waals surface area contributed by atoms with Crippen molar-refractivity contribution in [2.45, 2.75) is 26.7 Å². The van der Waals surface area contributed by atoms with Crippen LogP contribution in [0.25, 0.3) is 0 Å². The van der Waals surface area contributed by atoms with Crippen LogP contribution in [0.15, 0.2) is 41.5 Å². The standard InChI is InChI=1S/C24H28ClN5O2/c1-16-4-5-17(2)22(14-16)30-23(31)9-7-19(27-30)24(32)26-20-15-18(25)6-8-21(20)29-12-10-28(3)11-13-29/h4-6,8,14-15H,7,9-13H2,1-3H3,(H,26,32). The average molecular weight is 454 g/mol. The molecular weight excluding hydrogens is 426 g/mol. The first-order valence-electron chi connectivity index (χ1n) is 10.8. The molecule has 0 unspecified atom stereocenters. The summed E-state index contributed by atoms with van der Waals surface area (Å²) in [5, 5.41) is 9.35. The van der Waals surface area contributed by atoms with E-state index >= 15 is 0 Å². The van der Waals surface area contributed by atoms with Gasteiger partial charge in [0.1, 0.15) is 5.71 Å². The first-order valence-corrected chi connectivity index (χ1v) is 11.2. The predicted octanol–water partition coefficient (Wildman–Crippen LogP) is 3.83. The van der Waals surface area contributed by atoms with Crippen LogP contribution in [-0.4, -0.2) is 55.7 Å². The van der Waals surface area contributed by atoms with Crippen molar-refractivity contribution in [1.29, 1.82) is 0 Å². The zero-order valence-electron chi connectivity index (χ0n) is 18.7. The third-order valence-electron chi connectivity index (χ3n) is 5.94. The minimum absolute atomic E-state index is 0.115. The zero-order chi connectivity index (χ0) is 22.8. The molecule has 2 aliphatic rings. The van der Waals surface area contributed by atoms with E-state index in [-0.39, 0.29) is 18.2 Å². The van der Waals surface area contributed by atoms with E-state index in [1.54, 1.807) is 6.07 Å². The summed E-state index contributed by atoms with van der Waals surface area (Å²) in [5.74, 6) is -0.429. The molecule has 7 nitrogen and oxygen atoms in total. The molecule has 168 valence electrons. The molecule has 2 aromatic rings. The Kier molecular flexibility index (Phi) is 6.48. The Hall–Kier alpha value is -2.90. The van der Waals surface area contributed by atoms with Crippen LogP contribution in [0, 0.1) is 13.8 Å². The summed E-state index contributed by atoms with van der Waals surface area (Å²) in [6.45, 7) is 7.55. The van der Waals surface area contributed by atoms with Crippen LogP contribution in [0.1, 0.15) is 24.0 Å². The van der Waals surface area contributed by atoms with E-state index in [1.807, 2.05) is 44.2 Å². The van der Waals surface area contributed by atoms with Gasteiger partial charge in [0.25, 0.3) is 5.91 Å². The van der Waals surface area contributed by atoms with Crippen molar-refractivity contribution in [3.63, 3.8) is 0 Å². The molecule has 2 amide bonds. The van der Waals surface area contributed by atoms with Gasteiger partial charge in [-0.3, -0.25) is 9.59 Å². The molecule has 2 aliphatic heterocycles. The molecule has 4 rings (SSSR count). The second-order valence-corrected chi connectivity index (χ2v) is 8.88. The summed E-state index contributed by atoms with van der Waals surface area (Å²) in [4.78, 5) is 30.3. The fraction of sp³-hybridized carbons (Fsp3) is 0.375. The number of likely N-dealkylation sites (N-methyl/N-ethyl adjacent to an activating group) is 1. The van der Waals surface area contributed by atoms with Crippen molar-refractivity contribution in [3.05, 3.63) is 52.5 Å². The number of amides is 2. The quantitative estimate of drug-likeness (QED) is 0.763. The summed E-state index contributed by atoms with van der Waals surface area (Å²) >= 11 is 6.24. The van der Waals surface area contributed by atoms with Gasteiger partial charge < -0.3 is 15.1 Å². The van der Waals surface area contributed by atoms with Gasteiger partial charge in [-0.05, 0) is 56.3 Å². The maximum absolute atomic E-state index is 13.2. The molecule has 0 saturated carbocycles. The van der Waals surface area contributed by atoms with Gasteiger partial charge in [-0.25, -0.2) is 5.01 Å². The molecule has 0 radical (unpaired) electrons. The number of rotatable bonds is 4. The summed E-state index contributed by atoms with van der Waals surface area (Å²) in [7, 11) is 2.10. The molecule has 2 heterocycles. The number of nitrogens with zero attached hydrogens (tertiary/aromatic N) is 4. The second kappa shape index (κ2) is 9.30. The predicted molar refractivity (Wildman–Crippen MR) is 130 cm³/mol. The van der Waals surface area contributed by atoms with Gasteiger partial charge in [0, 0.05) is 44.0 Å². The molecule has 0 aromatic heterocycles. The molecular formula is C24H28ClN5O2. The van der Waals surface area contributed by atoms with Gasteiger partial charge in [-0.2, -0.15) is 5.10 Å². The average Bonchev–Trinajstić information content (AvgIpc) is 2.77. The molecule has 8 heteroatoms. The van der Waals surface area contributed by atoms with Crippen molar-refractivity contribution >= 4 is 46.2 Å². The van der Waals surface area contributed by atoms with Crippen LogP contribution in [0.4, 0.5) is 17.1 Å². The third kappa shape index (κ3) is 4.79. The number of hydrogen-bond donors (Lipinski definition) is 1. The number of anilines is 3. The Balaban J connectivity index is 1.59. The fourth-order valence-electron chi connectivity index (χ4n) is 3.98. The number of aryl methyl sites for hydroxylation is 2. The molecule has 0 bridgehead atoms. The van der Waals surface area contributed by atoms with Gasteiger partial charge in [-0.15, -0.1) is 0 Å². The topological polar surface area (TPSA) is 68.2 Å². The SMILES string of the molecule is Cc1ccc(C)c(N2N=C(C(=O)Nc3cc(Cl)ccc3N3CCN(C)CC3)CCC2=O)c1. The Morgan fingerprint density at radius 3 is 2.50 bits per heavy atom. The Bertz CT molecular complexity index is 1080. The highest BCUT2D eigenvalue weighted by Crippen LogP contribution is 2.31. The summed E-state index contributed by atoms with van der Waals surface area (Å²) in [6.07, 6.45) is 0.539. The van der Waals surface area contributed by atoms with Crippen LogP contribution in [0.2, 0.25) is 5.02 Å². The van der Waals surface area contributed by atoms with Crippen LogP contribution in [0.3, 0.4) is 0 Å². The van der Waals surface area contributed by atoms with Gasteiger partial charge in [0.15, 0.2) is 0 Å². The van der Waals surface area contributed by atoms with E-state index in [4.69, 9.17) is 11.6 Å². The smallest absolute Gasteiger partial charge is 0.271 e. The number of benzene rings is 2. The summed E-state index contributed by atoms with van der Waals surface area (Å²) in [5.41, 5.74) is 4.60. The fourth-order valence-corrected chi connectivity index (χ4v) is 4.15. The maximum Gasteiger partial charge on any atom is 0.271 e. The highest BCUT2D eigenvalue weighted by atomic mass is 35.5. The van der Waals surface area contributed by atoms with Crippen molar-refractivity contribution in [3.8, 4) is 0 Å². The Labute approximate surface area is 193 Å². The van der Waals surface area contributed by atoms with E-state index in [2.05, 4.69) is 27.3 Å². The lowest BCUT2D eigenvalue weighted by Gasteiger charge is -2.35. The van der Waals surface area contributed by atoms with Crippen molar-refractivity contribution in [1.82, 2.24) is 4.90 Å². The first-order chi connectivity index (χ1) is 15.3. The van der Waals surface area contributed by atoms with E-state index in [0.717, 1.165) is 43.0 Å². The van der Waals surface area contributed by atoms with Crippen LogP contribution in [0.5, 0.6) is 0 Å². The van der Waals surface area contributed by atoms with Crippen molar-refractivity contribution < 1.29 is 9.59 Å². The highest BCUT2D eigenvalue weighted by Gasteiger charge is 2.27. The lowest BCUT2D eigenvalue weighted by molar-refractivity contribution is -0.118. The molecule has 1 fully saturated rings. The minimum atomic E-state index is -0.314. The zero-order valence-corrected chi connectivity index (χ0v) is 19.4. The highest BCUT2D eigenvalue weighted by molar-refractivity contribution is 6.44.